The second kappa shape index (κ2) is 4.63. The van der Waals surface area contributed by atoms with Gasteiger partial charge in [-0.15, -0.1) is 0 Å². The highest BCUT2D eigenvalue weighted by Gasteiger charge is 2.31. The highest BCUT2D eigenvalue weighted by molar-refractivity contribution is 4.81. The molecule has 14 heavy (non-hydrogen) atoms. The molecule has 0 aromatic rings. The smallest absolute Gasteiger partial charge is 0.0812 e. The molecule has 3 atom stereocenters. The molecule has 2 fully saturated rings. The minimum atomic E-state index is 0.902. The third kappa shape index (κ3) is 2.29. The quantitative estimate of drug-likeness (QED) is 0.639. The maximum Gasteiger partial charge on any atom is 0.0812 e. The van der Waals surface area contributed by atoms with Crippen LogP contribution in [0.1, 0.15) is 32.1 Å². The van der Waals surface area contributed by atoms with Crippen LogP contribution in [0.4, 0.5) is 0 Å². The molecule has 0 aliphatic carbocycles. The summed E-state index contributed by atoms with van der Waals surface area (Å²) >= 11 is 0. The van der Waals surface area contributed by atoms with E-state index in [2.05, 4.69) is 19.0 Å². The molecule has 0 amide bonds. The lowest BCUT2D eigenvalue weighted by molar-refractivity contribution is -0.889. The molecule has 2 nitrogen and oxygen atoms in total. The monoisotopic (exact) mass is 197 g/mol. The van der Waals surface area contributed by atoms with E-state index in [1.807, 2.05) is 0 Å². The van der Waals surface area contributed by atoms with Gasteiger partial charge in [0.25, 0.3) is 0 Å². The average Bonchev–Trinajstić information content (AvgIpc) is 2.18. The molecule has 0 saturated carbocycles. The lowest BCUT2D eigenvalue weighted by atomic mass is 9.85. The molecular formula is C12H25N2+. The van der Waals surface area contributed by atoms with Crippen molar-refractivity contribution in [3.8, 4) is 0 Å². The van der Waals surface area contributed by atoms with E-state index < -0.39 is 0 Å². The van der Waals surface area contributed by atoms with Crippen LogP contribution >= 0.6 is 0 Å². The summed E-state index contributed by atoms with van der Waals surface area (Å²) < 4.78 is 0. The average molecular weight is 197 g/mol. The first-order valence-corrected chi connectivity index (χ1v) is 6.29. The summed E-state index contributed by atoms with van der Waals surface area (Å²) in [4.78, 5) is 4.37. The number of hydrogen-bond acceptors (Lipinski definition) is 1. The number of rotatable bonds is 1. The Kier molecular flexibility index (Phi) is 3.45. The summed E-state index contributed by atoms with van der Waals surface area (Å²) in [5.41, 5.74) is 0. The van der Waals surface area contributed by atoms with Crippen molar-refractivity contribution < 1.29 is 4.90 Å². The zero-order valence-electron chi connectivity index (χ0n) is 9.76. The van der Waals surface area contributed by atoms with Crippen LogP contribution in [0.5, 0.6) is 0 Å². The number of piperidine rings is 2. The van der Waals surface area contributed by atoms with Crippen molar-refractivity contribution in [3.05, 3.63) is 0 Å². The van der Waals surface area contributed by atoms with Crippen LogP contribution < -0.4 is 4.90 Å². The van der Waals surface area contributed by atoms with Gasteiger partial charge in [-0.3, -0.25) is 0 Å². The van der Waals surface area contributed by atoms with Crippen molar-refractivity contribution in [2.75, 3.05) is 33.7 Å². The molecule has 0 spiro atoms. The molecule has 2 heteroatoms. The van der Waals surface area contributed by atoms with Gasteiger partial charge >= 0.3 is 0 Å². The largest absolute Gasteiger partial charge is 0.337 e. The Bertz CT molecular complexity index is 181. The number of hydrogen-bond donors (Lipinski definition) is 1. The van der Waals surface area contributed by atoms with Crippen molar-refractivity contribution in [2.45, 2.75) is 38.1 Å². The Morgan fingerprint density at radius 1 is 1.14 bits per heavy atom. The van der Waals surface area contributed by atoms with Crippen molar-refractivity contribution >= 4 is 0 Å². The first kappa shape index (κ1) is 10.4. The molecule has 2 aliphatic rings. The molecule has 0 radical (unpaired) electrons. The summed E-state index contributed by atoms with van der Waals surface area (Å²) in [6.07, 6.45) is 7.26. The predicted octanol–water partition coefficient (Wildman–Crippen LogP) is 0.395. The summed E-state index contributed by atoms with van der Waals surface area (Å²) in [5, 5.41) is 0. The molecule has 2 saturated heterocycles. The van der Waals surface area contributed by atoms with E-state index in [0.717, 1.165) is 12.0 Å². The zero-order chi connectivity index (χ0) is 9.97. The lowest BCUT2D eigenvalue weighted by Gasteiger charge is -2.40. The van der Waals surface area contributed by atoms with Crippen molar-refractivity contribution in [2.24, 2.45) is 5.92 Å². The van der Waals surface area contributed by atoms with Gasteiger partial charge in [-0.05, 0) is 39.3 Å². The number of quaternary nitrogens is 1. The van der Waals surface area contributed by atoms with Crippen LogP contribution in [0.2, 0.25) is 0 Å². The number of nitrogens with zero attached hydrogens (tertiary/aromatic N) is 1. The van der Waals surface area contributed by atoms with Crippen LogP contribution in [0.15, 0.2) is 0 Å². The predicted molar refractivity (Wildman–Crippen MR) is 59.6 cm³/mol. The molecule has 0 aromatic heterocycles. The molecule has 2 aliphatic heterocycles. The summed E-state index contributed by atoms with van der Waals surface area (Å²) in [5.74, 6) is 0.981. The van der Waals surface area contributed by atoms with E-state index in [1.54, 1.807) is 4.90 Å². The normalized spacial score (nSPS) is 41.1. The third-order valence-electron chi connectivity index (χ3n) is 4.16. The van der Waals surface area contributed by atoms with Crippen molar-refractivity contribution in [1.82, 2.24) is 4.90 Å². The Labute approximate surface area is 88.3 Å². The van der Waals surface area contributed by atoms with E-state index >= 15 is 0 Å². The lowest BCUT2D eigenvalue weighted by Crippen LogP contribution is -3.11. The van der Waals surface area contributed by atoms with E-state index in [-0.39, 0.29) is 0 Å². The van der Waals surface area contributed by atoms with Crippen LogP contribution in [-0.2, 0) is 0 Å². The van der Waals surface area contributed by atoms with Crippen LogP contribution in [0, 0.1) is 5.92 Å². The van der Waals surface area contributed by atoms with Gasteiger partial charge in [-0.1, -0.05) is 6.42 Å². The molecule has 3 unspecified atom stereocenters. The minimum Gasteiger partial charge on any atom is -0.337 e. The van der Waals surface area contributed by atoms with E-state index in [1.165, 1.54) is 51.7 Å². The number of likely N-dealkylation sites (tertiary alicyclic amines) is 2. The molecule has 0 bridgehead atoms. The SMILES string of the molecule is CN1CCCCC1C1CCC[NH+](C)C1. The van der Waals surface area contributed by atoms with Crippen LogP contribution in [-0.4, -0.2) is 44.7 Å². The third-order valence-corrected chi connectivity index (χ3v) is 4.16. The van der Waals surface area contributed by atoms with E-state index in [4.69, 9.17) is 0 Å². The highest BCUT2D eigenvalue weighted by Crippen LogP contribution is 2.25. The van der Waals surface area contributed by atoms with Gasteiger partial charge in [0.15, 0.2) is 0 Å². The maximum atomic E-state index is 2.62. The summed E-state index contributed by atoms with van der Waals surface area (Å²) in [6.45, 7) is 4.14. The van der Waals surface area contributed by atoms with Gasteiger partial charge in [-0.25, -0.2) is 0 Å². The Morgan fingerprint density at radius 2 is 2.00 bits per heavy atom. The van der Waals surface area contributed by atoms with Crippen molar-refractivity contribution in [1.29, 1.82) is 0 Å². The molecule has 0 aromatic carbocycles. The van der Waals surface area contributed by atoms with Gasteiger partial charge in [-0.2, -0.15) is 0 Å². The Morgan fingerprint density at radius 3 is 2.71 bits per heavy atom. The zero-order valence-corrected chi connectivity index (χ0v) is 9.76. The molecule has 1 N–H and O–H groups in total. The Hall–Kier alpha value is -0.0800. The van der Waals surface area contributed by atoms with Gasteiger partial charge < -0.3 is 9.80 Å². The standard InChI is InChI=1S/C12H24N2/c1-13-8-5-6-11(10-13)12-7-3-4-9-14(12)2/h11-12H,3-10H2,1-2H3/p+1. The first-order valence-electron chi connectivity index (χ1n) is 6.29. The molecule has 2 heterocycles. The highest BCUT2D eigenvalue weighted by atomic mass is 15.2. The molecular weight excluding hydrogens is 172 g/mol. The summed E-state index contributed by atoms with van der Waals surface area (Å²) in [6, 6.07) is 0.902. The fraction of sp³-hybridized carbons (Fsp3) is 1.00. The molecule has 82 valence electrons. The summed E-state index contributed by atoms with van der Waals surface area (Å²) in [7, 11) is 4.68. The maximum absolute atomic E-state index is 2.62. The topological polar surface area (TPSA) is 7.68 Å². The second-order valence-electron chi connectivity index (χ2n) is 5.36. The van der Waals surface area contributed by atoms with Crippen LogP contribution in [0.3, 0.4) is 0 Å². The van der Waals surface area contributed by atoms with Gasteiger partial charge in [0.1, 0.15) is 0 Å². The van der Waals surface area contributed by atoms with Gasteiger partial charge in [0.2, 0.25) is 0 Å². The van der Waals surface area contributed by atoms with E-state index in [0.29, 0.717) is 0 Å². The number of nitrogens with one attached hydrogen (secondary N) is 1. The fourth-order valence-electron chi connectivity index (χ4n) is 3.34. The van der Waals surface area contributed by atoms with Gasteiger partial charge in [0, 0.05) is 12.0 Å². The first-order chi connectivity index (χ1) is 6.77. The fourth-order valence-corrected chi connectivity index (χ4v) is 3.34. The minimum absolute atomic E-state index is 0.902. The van der Waals surface area contributed by atoms with Crippen LogP contribution in [0.25, 0.3) is 0 Å². The second-order valence-corrected chi connectivity index (χ2v) is 5.36. The molecule has 2 rings (SSSR count). The van der Waals surface area contributed by atoms with Gasteiger partial charge in [0.05, 0.1) is 20.1 Å². The van der Waals surface area contributed by atoms with Crippen molar-refractivity contribution in [3.63, 3.8) is 0 Å². The Balaban J connectivity index is 1.91. The van der Waals surface area contributed by atoms with E-state index in [9.17, 15) is 0 Å².